The molecule has 0 unspecified atom stereocenters. The van der Waals surface area contributed by atoms with Crippen LogP contribution in [0.25, 0.3) is 0 Å². The van der Waals surface area contributed by atoms with E-state index in [9.17, 15) is 4.79 Å². The van der Waals surface area contributed by atoms with Gasteiger partial charge in [-0.1, -0.05) is 39.7 Å². The molecule has 2 aromatic carbocycles. The molecule has 20 heavy (non-hydrogen) atoms. The highest BCUT2D eigenvalue weighted by molar-refractivity contribution is 9.10. The first kappa shape index (κ1) is 13.8. The van der Waals surface area contributed by atoms with E-state index in [4.69, 9.17) is 11.6 Å². The summed E-state index contributed by atoms with van der Waals surface area (Å²) < 4.78 is 0.825. The summed E-state index contributed by atoms with van der Waals surface area (Å²) in [6.07, 6.45) is 4.68. The molecular formula is C17H14BrClO. The maximum absolute atomic E-state index is 12.6. The number of fused-ring (bicyclic) bond motifs is 1. The summed E-state index contributed by atoms with van der Waals surface area (Å²) in [6.45, 7) is 0. The van der Waals surface area contributed by atoms with Gasteiger partial charge in [-0.05, 0) is 61.1 Å². The third kappa shape index (κ3) is 2.82. The second-order valence-corrected chi connectivity index (χ2v) is 6.53. The monoisotopic (exact) mass is 348 g/mol. The third-order valence-corrected chi connectivity index (χ3v) is 4.41. The number of aryl methyl sites for hydroxylation is 2. The Kier molecular flexibility index (Phi) is 3.95. The molecule has 0 bridgehead atoms. The topological polar surface area (TPSA) is 17.1 Å². The largest absolute Gasteiger partial charge is 0.289 e. The lowest BCUT2D eigenvalue weighted by molar-refractivity contribution is 0.103. The molecule has 0 heterocycles. The maximum Gasteiger partial charge on any atom is 0.193 e. The van der Waals surface area contributed by atoms with E-state index < -0.39 is 0 Å². The number of carbonyl (C=O) groups excluding carboxylic acids is 1. The van der Waals surface area contributed by atoms with Crippen molar-refractivity contribution in [3.63, 3.8) is 0 Å². The molecule has 0 spiro atoms. The fraction of sp³-hybridized carbons (Fsp3) is 0.235. The van der Waals surface area contributed by atoms with Gasteiger partial charge in [0, 0.05) is 20.6 Å². The Morgan fingerprint density at radius 2 is 1.70 bits per heavy atom. The molecule has 0 atom stereocenters. The summed E-state index contributed by atoms with van der Waals surface area (Å²) in [5.74, 6) is 0.0292. The second kappa shape index (κ2) is 5.71. The Bertz CT molecular complexity index is 658. The van der Waals surface area contributed by atoms with Gasteiger partial charge in [-0.3, -0.25) is 4.79 Å². The molecule has 1 aliphatic carbocycles. The van der Waals surface area contributed by atoms with Crippen LogP contribution in [-0.4, -0.2) is 5.78 Å². The van der Waals surface area contributed by atoms with Crippen molar-refractivity contribution in [1.82, 2.24) is 0 Å². The number of hydrogen-bond acceptors (Lipinski definition) is 1. The standard InChI is InChI=1S/C17H14BrClO/c18-15-8-14(9-16(19)10-15)17(20)13-6-5-11-3-1-2-4-12(11)7-13/h5-10H,1-4H2. The molecule has 1 aliphatic rings. The van der Waals surface area contributed by atoms with Gasteiger partial charge in [-0.2, -0.15) is 0 Å². The predicted molar refractivity (Wildman–Crippen MR) is 85.7 cm³/mol. The van der Waals surface area contributed by atoms with Gasteiger partial charge >= 0.3 is 0 Å². The van der Waals surface area contributed by atoms with Crippen LogP contribution >= 0.6 is 27.5 Å². The summed E-state index contributed by atoms with van der Waals surface area (Å²) in [4.78, 5) is 12.6. The third-order valence-electron chi connectivity index (χ3n) is 3.74. The Morgan fingerprint density at radius 1 is 0.950 bits per heavy atom. The van der Waals surface area contributed by atoms with Crippen LogP contribution in [0.2, 0.25) is 5.02 Å². The molecular weight excluding hydrogens is 336 g/mol. The van der Waals surface area contributed by atoms with Crippen molar-refractivity contribution in [3.05, 3.63) is 68.1 Å². The molecule has 102 valence electrons. The minimum absolute atomic E-state index is 0.0292. The summed E-state index contributed by atoms with van der Waals surface area (Å²) in [6, 6.07) is 11.4. The van der Waals surface area contributed by atoms with Gasteiger partial charge in [-0.25, -0.2) is 0 Å². The average molecular weight is 350 g/mol. The number of hydrogen-bond donors (Lipinski definition) is 0. The van der Waals surface area contributed by atoms with Crippen LogP contribution in [-0.2, 0) is 12.8 Å². The van der Waals surface area contributed by atoms with E-state index in [1.165, 1.54) is 24.0 Å². The molecule has 0 saturated heterocycles. The van der Waals surface area contributed by atoms with Gasteiger partial charge in [0.1, 0.15) is 0 Å². The summed E-state index contributed by atoms with van der Waals surface area (Å²) in [5.41, 5.74) is 4.09. The molecule has 0 aromatic heterocycles. The highest BCUT2D eigenvalue weighted by Gasteiger charge is 2.15. The van der Waals surface area contributed by atoms with Crippen molar-refractivity contribution in [1.29, 1.82) is 0 Å². The van der Waals surface area contributed by atoms with Gasteiger partial charge in [0.05, 0.1) is 0 Å². The Balaban J connectivity index is 1.97. The van der Waals surface area contributed by atoms with E-state index >= 15 is 0 Å². The van der Waals surface area contributed by atoms with Gasteiger partial charge < -0.3 is 0 Å². The van der Waals surface area contributed by atoms with Gasteiger partial charge in [0.25, 0.3) is 0 Å². The van der Waals surface area contributed by atoms with Crippen molar-refractivity contribution in [2.75, 3.05) is 0 Å². The van der Waals surface area contributed by atoms with Crippen LogP contribution in [0.1, 0.15) is 39.9 Å². The fourth-order valence-corrected chi connectivity index (χ4v) is 3.59. The molecule has 0 N–H and O–H groups in total. The number of halogens is 2. The highest BCUT2D eigenvalue weighted by atomic mass is 79.9. The molecule has 2 aromatic rings. The first-order valence-corrected chi connectivity index (χ1v) is 7.93. The average Bonchev–Trinajstić information content (AvgIpc) is 2.45. The number of rotatable bonds is 2. The van der Waals surface area contributed by atoms with Crippen LogP contribution < -0.4 is 0 Å². The van der Waals surface area contributed by atoms with Crippen LogP contribution in [0, 0.1) is 0 Å². The highest BCUT2D eigenvalue weighted by Crippen LogP contribution is 2.25. The summed E-state index contributed by atoms with van der Waals surface area (Å²) in [5, 5.41) is 0.570. The minimum Gasteiger partial charge on any atom is -0.289 e. The maximum atomic E-state index is 12.6. The molecule has 0 amide bonds. The number of ketones is 1. The zero-order valence-electron chi connectivity index (χ0n) is 11.0. The molecule has 3 rings (SSSR count). The lowest BCUT2D eigenvalue weighted by atomic mass is 9.89. The smallest absolute Gasteiger partial charge is 0.193 e. The van der Waals surface area contributed by atoms with Crippen molar-refractivity contribution < 1.29 is 4.79 Å². The number of carbonyl (C=O) groups is 1. The van der Waals surface area contributed by atoms with E-state index in [0.29, 0.717) is 10.6 Å². The number of benzene rings is 2. The van der Waals surface area contributed by atoms with E-state index in [2.05, 4.69) is 22.0 Å². The van der Waals surface area contributed by atoms with Crippen LogP contribution in [0.4, 0.5) is 0 Å². The van der Waals surface area contributed by atoms with Gasteiger partial charge in [0.2, 0.25) is 0 Å². The van der Waals surface area contributed by atoms with Crippen molar-refractivity contribution in [3.8, 4) is 0 Å². The molecule has 1 nitrogen and oxygen atoms in total. The van der Waals surface area contributed by atoms with Crippen molar-refractivity contribution in [2.24, 2.45) is 0 Å². The Morgan fingerprint density at radius 3 is 2.45 bits per heavy atom. The van der Waals surface area contributed by atoms with E-state index in [1.807, 2.05) is 18.2 Å². The molecule has 0 aliphatic heterocycles. The molecule has 3 heteroatoms. The van der Waals surface area contributed by atoms with Crippen LogP contribution in [0.5, 0.6) is 0 Å². The van der Waals surface area contributed by atoms with Crippen molar-refractivity contribution >= 4 is 33.3 Å². The second-order valence-electron chi connectivity index (χ2n) is 5.18. The lowest BCUT2D eigenvalue weighted by Crippen LogP contribution is -2.07. The quantitative estimate of drug-likeness (QED) is 0.680. The van der Waals surface area contributed by atoms with Crippen LogP contribution in [0.3, 0.4) is 0 Å². The molecule has 0 radical (unpaired) electrons. The zero-order chi connectivity index (χ0) is 14.1. The Hall–Kier alpha value is -1.12. The summed E-state index contributed by atoms with van der Waals surface area (Å²) >= 11 is 9.39. The first-order valence-electron chi connectivity index (χ1n) is 6.76. The Labute approximate surface area is 132 Å². The SMILES string of the molecule is O=C(c1cc(Cl)cc(Br)c1)c1ccc2c(c1)CCCC2. The van der Waals surface area contributed by atoms with Gasteiger partial charge in [0.15, 0.2) is 5.78 Å². The van der Waals surface area contributed by atoms with Crippen molar-refractivity contribution in [2.45, 2.75) is 25.7 Å². The summed E-state index contributed by atoms with van der Waals surface area (Å²) in [7, 11) is 0. The van der Waals surface area contributed by atoms with Crippen LogP contribution in [0.15, 0.2) is 40.9 Å². The normalized spacial score (nSPS) is 13.9. The fourth-order valence-electron chi connectivity index (χ4n) is 2.73. The molecule has 0 fully saturated rings. The lowest BCUT2D eigenvalue weighted by Gasteiger charge is -2.16. The first-order chi connectivity index (χ1) is 9.63. The van der Waals surface area contributed by atoms with E-state index in [-0.39, 0.29) is 5.78 Å². The van der Waals surface area contributed by atoms with E-state index in [1.54, 1.807) is 12.1 Å². The zero-order valence-corrected chi connectivity index (χ0v) is 13.3. The van der Waals surface area contributed by atoms with E-state index in [0.717, 1.165) is 22.9 Å². The predicted octanol–water partition coefficient (Wildman–Crippen LogP) is 5.21. The molecule has 0 saturated carbocycles. The minimum atomic E-state index is 0.0292. The van der Waals surface area contributed by atoms with Gasteiger partial charge in [-0.15, -0.1) is 0 Å².